The second-order valence-electron chi connectivity index (χ2n) is 1.66. The minimum Gasteiger partial charge on any atom is -0.480 e. The van der Waals surface area contributed by atoms with Crippen molar-refractivity contribution in [1.29, 1.82) is 0 Å². The molecule has 0 rings (SSSR count). The Bertz CT molecular complexity index is 234. The Morgan fingerprint density at radius 2 is 2.27 bits per heavy atom. The maximum Gasteiger partial charge on any atom is 0.322 e. The molecule has 4 N–H and O–H groups in total. The van der Waals surface area contributed by atoms with Gasteiger partial charge in [0.25, 0.3) is 9.05 Å². The Morgan fingerprint density at radius 3 is 2.55 bits per heavy atom. The van der Waals surface area contributed by atoms with Crippen LogP contribution < -0.4 is 5.73 Å². The molecule has 8 heteroatoms. The third kappa shape index (κ3) is 6.13. The van der Waals surface area contributed by atoms with Crippen LogP contribution in [0.4, 0.5) is 0 Å². The van der Waals surface area contributed by atoms with Gasteiger partial charge in [-0.05, 0) is 0 Å². The molecule has 0 spiro atoms. The van der Waals surface area contributed by atoms with E-state index < -0.39 is 27.7 Å². The van der Waals surface area contributed by atoms with E-state index in [1.165, 1.54) is 0 Å². The van der Waals surface area contributed by atoms with Crippen LogP contribution in [0.2, 0.25) is 0 Å². The lowest BCUT2D eigenvalue weighted by Gasteiger charge is -2.04. The first-order chi connectivity index (χ1) is 4.83. The summed E-state index contributed by atoms with van der Waals surface area (Å²) < 4.78 is 22.6. The quantitative estimate of drug-likeness (QED) is 0.510. The molecule has 0 fully saturated rings. The van der Waals surface area contributed by atoms with E-state index >= 15 is 0 Å². The highest BCUT2D eigenvalue weighted by atomic mass is 32.9. The predicted octanol–water partition coefficient (Wildman–Crippen LogP) is -1.45. The lowest BCUT2D eigenvalue weighted by molar-refractivity contribution is -0.139. The van der Waals surface area contributed by atoms with Crippen molar-refractivity contribution in [2.45, 2.75) is 6.04 Å². The molecule has 1 unspecified atom stereocenters. The summed E-state index contributed by atoms with van der Waals surface area (Å²) in [6.45, 7) is -0.575. The van der Waals surface area contributed by atoms with E-state index in [9.17, 15) is 9.00 Å². The number of carboxylic acid groups (broad SMARTS) is 1. The van der Waals surface area contributed by atoms with Gasteiger partial charge in [-0.25, -0.2) is 0 Å². The number of nitrogens with two attached hydrogens (primary N) is 1. The molecule has 0 heterocycles. The second kappa shape index (κ2) is 3.93. The number of hydrogen-bond acceptors (Lipinski definition) is 5. The van der Waals surface area contributed by atoms with Gasteiger partial charge in [-0.2, -0.15) is 4.21 Å². The first-order valence-electron chi connectivity index (χ1n) is 2.43. The summed E-state index contributed by atoms with van der Waals surface area (Å²) >= 11 is 3.90. The highest BCUT2D eigenvalue weighted by Crippen LogP contribution is 1.89. The van der Waals surface area contributed by atoms with E-state index in [4.69, 9.17) is 15.4 Å². The molecule has 0 aromatic rings. The molecule has 66 valence electrons. The zero-order valence-electron chi connectivity index (χ0n) is 5.30. The molecule has 0 aliphatic heterocycles. The van der Waals surface area contributed by atoms with Crippen LogP contribution in [0.25, 0.3) is 0 Å². The van der Waals surface area contributed by atoms with E-state index in [1.807, 2.05) is 0 Å². The van der Waals surface area contributed by atoms with Crippen molar-refractivity contribution in [2.75, 3.05) is 6.61 Å². The van der Waals surface area contributed by atoms with Crippen molar-refractivity contribution in [1.82, 2.24) is 0 Å². The van der Waals surface area contributed by atoms with Crippen LogP contribution in [0.5, 0.6) is 0 Å². The molecule has 0 radical (unpaired) electrons. The van der Waals surface area contributed by atoms with Gasteiger partial charge in [0.15, 0.2) is 0 Å². The van der Waals surface area contributed by atoms with E-state index in [-0.39, 0.29) is 0 Å². The minimum absolute atomic E-state index is 0.575. The van der Waals surface area contributed by atoms with Crippen LogP contribution >= 0.6 is 0 Å². The van der Waals surface area contributed by atoms with Crippen LogP contribution in [0, 0.1) is 0 Å². The molecule has 0 saturated carbocycles. The molecule has 0 amide bonds. The summed E-state index contributed by atoms with van der Waals surface area (Å²) in [4.78, 5) is 10.0. The normalized spacial score (nSPS) is 18.7. The average Bonchev–Trinajstić information content (AvgIpc) is 1.80. The van der Waals surface area contributed by atoms with Crippen LogP contribution in [0.3, 0.4) is 0 Å². The third-order valence-electron chi connectivity index (χ3n) is 0.714. The van der Waals surface area contributed by atoms with Crippen LogP contribution in [0.15, 0.2) is 0 Å². The van der Waals surface area contributed by atoms with Crippen molar-refractivity contribution in [3.8, 4) is 0 Å². The zero-order chi connectivity index (χ0) is 9.07. The lowest BCUT2D eigenvalue weighted by Crippen LogP contribution is -2.35. The first kappa shape index (κ1) is 10.7. The summed E-state index contributed by atoms with van der Waals surface area (Å²) in [5.41, 5.74) is 4.92. The first-order valence-corrected chi connectivity index (χ1v) is 4.79. The molecule has 0 aromatic heterocycles. The van der Waals surface area contributed by atoms with Gasteiger partial charge in [-0.1, -0.05) is 0 Å². The molecular formula is C3H7NO5S2. The average molecular weight is 201 g/mol. The summed E-state index contributed by atoms with van der Waals surface area (Å²) in [5, 5.41) is 8.17. The molecule has 0 aliphatic rings. The van der Waals surface area contributed by atoms with Gasteiger partial charge in [0.1, 0.15) is 6.04 Å². The van der Waals surface area contributed by atoms with Crippen LogP contribution in [-0.2, 0) is 29.2 Å². The largest absolute Gasteiger partial charge is 0.480 e. The lowest BCUT2D eigenvalue weighted by atomic mass is 10.3. The fourth-order valence-corrected chi connectivity index (χ4v) is 0.716. The Morgan fingerprint density at radius 1 is 1.82 bits per heavy atom. The zero-order valence-corrected chi connectivity index (χ0v) is 6.93. The molecule has 0 saturated heterocycles. The Kier molecular flexibility index (Phi) is 3.83. The van der Waals surface area contributed by atoms with E-state index in [1.54, 1.807) is 0 Å². The van der Waals surface area contributed by atoms with Crippen molar-refractivity contribution in [2.24, 2.45) is 5.73 Å². The van der Waals surface area contributed by atoms with Crippen molar-refractivity contribution in [3.63, 3.8) is 0 Å². The second-order valence-corrected chi connectivity index (χ2v) is 4.01. The maximum absolute atomic E-state index is 10.2. The van der Waals surface area contributed by atoms with E-state index in [0.717, 1.165) is 0 Å². The number of hydrogen-bond donors (Lipinski definition) is 3. The molecule has 0 aromatic carbocycles. The maximum atomic E-state index is 10.2. The minimum atomic E-state index is -3.76. The Hall–Kier alpha value is -0.280. The van der Waals surface area contributed by atoms with Gasteiger partial charge in [-0.15, -0.1) is 0 Å². The fourth-order valence-electron chi connectivity index (χ4n) is 0.231. The summed E-state index contributed by atoms with van der Waals surface area (Å²) in [7, 11) is -3.76. The SMILES string of the molecule is N[C@@H](COS(=O)(O)=S)C(=O)O. The van der Waals surface area contributed by atoms with Gasteiger partial charge in [0.05, 0.1) is 6.61 Å². The van der Waals surface area contributed by atoms with Gasteiger partial charge in [0, 0.05) is 11.2 Å². The number of carbonyl (C=O) groups is 1. The standard InChI is InChI=1S/C3H7NO5S2/c4-2(3(5)6)1-9-11(7,8)10/h2H,1,4H2,(H,5,6)(H,7,8,10)/t2-/m0/s1. The van der Waals surface area contributed by atoms with Gasteiger partial charge in [-0.3, -0.25) is 13.5 Å². The predicted molar refractivity (Wildman–Crippen MR) is 39.7 cm³/mol. The molecule has 6 nitrogen and oxygen atoms in total. The van der Waals surface area contributed by atoms with Crippen molar-refractivity contribution >= 4 is 26.2 Å². The Balaban J connectivity index is 3.82. The highest BCUT2D eigenvalue weighted by Gasteiger charge is 2.13. The van der Waals surface area contributed by atoms with Gasteiger partial charge >= 0.3 is 5.97 Å². The molecule has 11 heavy (non-hydrogen) atoms. The summed E-state index contributed by atoms with van der Waals surface area (Å²) in [6.07, 6.45) is 0. The molecule has 0 bridgehead atoms. The summed E-state index contributed by atoms with van der Waals surface area (Å²) in [5.74, 6) is -1.32. The monoisotopic (exact) mass is 201 g/mol. The topological polar surface area (TPSA) is 110 Å². The van der Waals surface area contributed by atoms with Crippen LogP contribution in [-0.4, -0.2) is 32.5 Å². The van der Waals surface area contributed by atoms with Gasteiger partial charge in [0.2, 0.25) is 0 Å². The van der Waals surface area contributed by atoms with Gasteiger partial charge < -0.3 is 10.8 Å². The summed E-state index contributed by atoms with van der Waals surface area (Å²) in [6, 6.07) is -1.33. The number of aliphatic carboxylic acids is 1. The van der Waals surface area contributed by atoms with E-state index in [0.29, 0.717) is 0 Å². The number of rotatable bonds is 4. The molecule has 0 aliphatic carbocycles. The smallest absolute Gasteiger partial charge is 0.322 e. The Labute approximate surface area is 68.0 Å². The highest BCUT2D eigenvalue weighted by molar-refractivity contribution is 8.27. The number of carboxylic acids is 1. The molecule has 2 atom stereocenters. The van der Waals surface area contributed by atoms with Crippen molar-refractivity contribution in [3.05, 3.63) is 0 Å². The molecular weight excluding hydrogens is 194 g/mol. The van der Waals surface area contributed by atoms with Crippen LogP contribution in [0.1, 0.15) is 0 Å². The van der Waals surface area contributed by atoms with Crippen molar-refractivity contribution < 1.29 is 22.8 Å². The third-order valence-corrected chi connectivity index (χ3v) is 1.44. The fraction of sp³-hybridized carbons (Fsp3) is 0.667. The van der Waals surface area contributed by atoms with E-state index in [2.05, 4.69) is 15.4 Å².